The van der Waals surface area contributed by atoms with Gasteiger partial charge in [0.05, 0.1) is 17.0 Å². The Bertz CT molecular complexity index is 1280. The molecule has 0 radical (unpaired) electrons. The fourth-order valence-corrected chi connectivity index (χ4v) is 5.46. The van der Waals surface area contributed by atoms with Crippen molar-refractivity contribution in [2.24, 2.45) is 0 Å². The third kappa shape index (κ3) is 6.89. The van der Waals surface area contributed by atoms with E-state index in [1.54, 1.807) is 12.1 Å². The summed E-state index contributed by atoms with van der Waals surface area (Å²) in [6, 6.07) is 36.5. The maximum absolute atomic E-state index is 13.4. The van der Waals surface area contributed by atoms with Crippen molar-refractivity contribution in [1.82, 2.24) is 10.0 Å². The van der Waals surface area contributed by atoms with E-state index in [-0.39, 0.29) is 10.9 Å². The summed E-state index contributed by atoms with van der Waals surface area (Å²) in [7, 11) is -3.74. The van der Waals surface area contributed by atoms with Crippen molar-refractivity contribution in [3.8, 4) is 0 Å². The topological polar surface area (TPSA) is 58.2 Å². The molecule has 5 heteroatoms. The zero-order valence-corrected chi connectivity index (χ0v) is 20.8. The normalized spacial score (nSPS) is 13.3. The van der Waals surface area contributed by atoms with Crippen LogP contribution in [-0.4, -0.2) is 15.0 Å². The van der Waals surface area contributed by atoms with Gasteiger partial charge in [-0.1, -0.05) is 109 Å². The summed E-state index contributed by atoms with van der Waals surface area (Å²) in [6.07, 6.45) is 1.90. The molecular formula is C30H32N2O2S. The zero-order valence-electron chi connectivity index (χ0n) is 20.0. The number of sulfonamides is 1. The van der Waals surface area contributed by atoms with Crippen LogP contribution in [0, 0.1) is 6.92 Å². The Hall–Kier alpha value is -3.25. The highest BCUT2D eigenvalue weighted by atomic mass is 32.2. The third-order valence-corrected chi connectivity index (χ3v) is 7.57. The monoisotopic (exact) mass is 484 g/mol. The number of aryl methyl sites for hydroxylation is 2. The molecule has 0 heterocycles. The lowest BCUT2D eigenvalue weighted by molar-refractivity contribution is 0.420. The molecule has 4 rings (SSSR count). The molecule has 180 valence electrons. The first-order valence-corrected chi connectivity index (χ1v) is 13.5. The van der Waals surface area contributed by atoms with Gasteiger partial charge < -0.3 is 5.32 Å². The Balaban J connectivity index is 1.61. The number of benzene rings is 4. The van der Waals surface area contributed by atoms with Crippen LogP contribution < -0.4 is 10.0 Å². The summed E-state index contributed by atoms with van der Waals surface area (Å²) >= 11 is 0. The van der Waals surface area contributed by atoms with Gasteiger partial charge in [0.25, 0.3) is 0 Å². The molecule has 0 bridgehead atoms. The molecular weight excluding hydrogens is 452 g/mol. The summed E-state index contributed by atoms with van der Waals surface area (Å²) in [4.78, 5) is 0.264. The Labute approximate surface area is 209 Å². The fourth-order valence-electron chi connectivity index (χ4n) is 4.22. The fraction of sp³-hybridized carbons (Fsp3) is 0.200. The maximum Gasteiger partial charge on any atom is 0.241 e. The number of rotatable bonds is 11. The van der Waals surface area contributed by atoms with Gasteiger partial charge in [0, 0.05) is 0 Å². The summed E-state index contributed by atoms with van der Waals surface area (Å²) in [5, 5.41) is 3.66. The van der Waals surface area contributed by atoms with Crippen molar-refractivity contribution < 1.29 is 8.42 Å². The quantitative estimate of drug-likeness (QED) is 0.258. The molecule has 2 unspecified atom stereocenters. The molecule has 0 aliphatic rings. The average molecular weight is 485 g/mol. The van der Waals surface area contributed by atoms with Crippen LogP contribution in [0.15, 0.2) is 120 Å². The van der Waals surface area contributed by atoms with Gasteiger partial charge in [-0.25, -0.2) is 13.1 Å². The first-order chi connectivity index (χ1) is 17.0. The molecule has 0 fully saturated rings. The minimum absolute atomic E-state index is 0.241. The van der Waals surface area contributed by atoms with Crippen molar-refractivity contribution in [2.75, 3.05) is 6.54 Å². The van der Waals surface area contributed by atoms with E-state index < -0.39 is 16.1 Å². The van der Waals surface area contributed by atoms with E-state index in [0.717, 1.165) is 36.1 Å². The van der Waals surface area contributed by atoms with Crippen molar-refractivity contribution in [2.45, 2.75) is 36.7 Å². The smallest absolute Gasteiger partial charge is 0.241 e. The molecule has 2 atom stereocenters. The van der Waals surface area contributed by atoms with Crippen LogP contribution in [0.5, 0.6) is 0 Å². The van der Waals surface area contributed by atoms with E-state index in [4.69, 9.17) is 0 Å². The second-order valence-corrected chi connectivity index (χ2v) is 10.5. The molecule has 4 aromatic rings. The van der Waals surface area contributed by atoms with Gasteiger partial charge in [-0.15, -0.1) is 0 Å². The molecule has 4 aromatic carbocycles. The summed E-state index contributed by atoms with van der Waals surface area (Å²) in [5.41, 5.74) is 4.26. The standard InChI is InChI=1S/C30H32N2O2S/c1-24-19-21-28(22-20-24)35(33,34)32-30(27-17-9-4-10-18-27)29(26-15-7-3-8-16-26)31-23-11-14-25-12-5-2-6-13-25/h2-10,12-13,15-22,29-32H,11,14,23H2,1H3. The first-order valence-electron chi connectivity index (χ1n) is 12.0. The van der Waals surface area contributed by atoms with Crippen LogP contribution in [-0.2, 0) is 16.4 Å². The van der Waals surface area contributed by atoms with Crippen LogP contribution in [0.2, 0.25) is 0 Å². The Morgan fingerprint density at radius 3 is 1.74 bits per heavy atom. The minimum Gasteiger partial charge on any atom is -0.308 e. The van der Waals surface area contributed by atoms with Gasteiger partial charge in [-0.05, 0) is 55.1 Å². The molecule has 0 amide bonds. The molecule has 0 spiro atoms. The average Bonchev–Trinajstić information content (AvgIpc) is 2.89. The van der Waals surface area contributed by atoms with E-state index in [1.165, 1.54) is 5.56 Å². The minimum atomic E-state index is -3.74. The lowest BCUT2D eigenvalue weighted by atomic mass is 9.94. The lowest BCUT2D eigenvalue weighted by Gasteiger charge is -2.30. The van der Waals surface area contributed by atoms with E-state index in [2.05, 4.69) is 34.3 Å². The summed E-state index contributed by atoms with van der Waals surface area (Å²) < 4.78 is 29.9. The van der Waals surface area contributed by atoms with Crippen molar-refractivity contribution >= 4 is 10.0 Å². The lowest BCUT2D eigenvalue weighted by Crippen LogP contribution is -2.39. The highest BCUT2D eigenvalue weighted by Crippen LogP contribution is 2.31. The first kappa shape index (κ1) is 24.9. The highest BCUT2D eigenvalue weighted by molar-refractivity contribution is 7.89. The van der Waals surface area contributed by atoms with Crippen LogP contribution in [0.4, 0.5) is 0 Å². The van der Waals surface area contributed by atoms with E-state index in [0.29, 0.717) is 0 Å². The molecule has 0 saturated carbocycles. The Kier molecular flexibility index (Phi) is 8.48. The van der Waals surface area contributed by atoms with Gasteiger partial charge in [0.15, 0.2) is 0 Å². The molecule has 0 aliphatic heterocycles. The molecule has 0 saturated heterocycles. The second-order valence-electron chi connectivity index (χ2n) is 8.75. The van der Waals surface area contributed by atoms with Gasteiger partial charge >= 0.3 is 0 Å². The van der Waals surface area contributed by atoms with Gasteiger partial charge in [0.1, 0.15) is 0 Å². The highest BCUT2D eigenvalue weighted by Gasteiger charge is 2.29. The predicted octanol–water partition coefficient (Wildman–Crippen LogP) is 5.98. The van der Waals surface area contributed by atoms with E-state index in [9.17, 15) is 8.42 Å². The SMILES string of the molecule is Cc1ccc(S(=O)(=O)NC(c2ccccc2)C(NCCCc2ccccc2)c2ccccc2)cc1. The number of hydrogen-bond acceptors (Lipinski definition) is 3. The second kappa shape index (κ2) is 11.9. The summed E-state index contributed by atoms with van der Waals surface area (Å²) in [6.45, 7) is 2.70. The van der Waals surface area contributed by atoms with Gasteiger partial charge in [-0.2, -0.15) is 0 Å². The Morgan fingerprint density at radius 2 is 1.17 bits per heavy atom. The van der Waals surface area contributed by atoms with Crippen molar-refractivity contribution in [3.63, 3.8) is 0 Å². The van der Waals surface area contributed by atoms with Crippen LogP contribution in [0.25, 0.3) is 0 Å². The van der Waals surface area contributed by atoms with Gasteiger partial charge in [0.2, 0.25) is 10.0 Å². The molecule has 4 nitrogen and oxygen atoms in total. The van der Waals surface area contributed by atoms with E-state index in [1.807, 2.05) is 85.8 Å². The summed E-state index contributed by atoms with van der Waals surface area (Å²) in [5.74, 6) is 0. The maximum atomic E-state index is 13.4. The van der Waals surface area contributed by atoms with E-state index >= 15 is 0 Å². The molecule has 35 heavy (non-hydrogen) atoms. The van der Waals surface area contributed by atoms with Crippen molar-refractivity contribution in [3.05, 3.63) is 138 Å². The predicted molar refractivity (Wildman–Crippen MR) is 143 cm³/mol. The largest absolute Gasteiger partial charge is 0.308 e. The number of hydrogen-bond donors (Lipinski definition) is 2. The molecule has 2 N–H and O–H groups in total. The molecule has 0 aliphatic carbocycles. The Morgan fingerprint density at radius 1 is 0.657 bits per heavy atom. The number of nitrogens with one attached hydrogen (secondary N) is 2. The zero-order chi connectivity index (χ0) is 24.5. The van der Waals surface area contributed by atoms with Crippen LogP contribution in [0.1, 0.15) is 40.8 Å². The van der Waals surface area contributed by atoms with Crippen molar-refractivity contribution in [1.29, 1.82) is 0 Å². The van der Waals surface area contributed by atoms with Crippen LogP contribution in [0.3, 0.4) is 0 Å². The van der Waals surface area contributed by atoms with Crippen LogP contribution >= 0.6 is 0 Å². The van der Waals surface area contributed by atoms with Gasteiger partial charge in [-0.3, -0.25) is 0 Å². The molecule has 0 aromatic heterocycles. The third-order valence-electron chi connectivity index (χ3n) is 6.11.